The third-order valence-corrected chi connectivity index (χ3v) is 7.09. The molecule has 0 aromatic heterocycles. The van der Waals surface area contributed by atoms with E-state index in [1.165, 1.54) is 17.5 Å². The molecular formula is C10H19P. The normalized spacial score (nSPS) is 43.9. The second kappa shape index (κ2) is 3.44. The summed E-state index contributed by atoms with van der Waals surface area (Å²) in [5.74, 6) is 0. The van der Waals surface area contributed by atoms with E-state index in [2.05, 4.69) is 6.92 Å². The maximum atomic E-state index is 2.42. The largest absolute Gasteiger partial charge is 0.101 e. The molecule has 2 fully saturated rings. The average Bonchev–Trinajstić information content (AvgIpc) is 2.03. The van der Waals surface area contributed by atoms with Crippen LogP contribution in [0.2, 0.25) is 0 Å². The molecule has 11 heavy (non-hydrogen) atoms. The van der Waals surface area contributed by atoms with Crippen molar-refractivity contribution in [2.45, 2.75) is 56.8 Å². The molecular weight excluding hydrogens is 151 g/mol. The Hall–Kier alpha value is 0.430. The summed E-state index contributed by atoms with van der Waals surface area (Å²) in [7, 11) is 0.493. The summed E-state index contributed by atoms with van der Waals surface area (Å²) in [6, 6.07) is 0. The van der Waals surface area contributed by atoms with Gasteiger partial charge in [-0.2, -0.15) is 0 Å². The van der Waals surface area contributed by atoms with Crippen LogP contribution in [0.1, 0.15) is 45.4 Å². The highest BCUT2D eigenvalue weighted by Crippen LogP contribution is 2.58. The van der Waals surface area contributed by atoms with Crippen molar-refractivity contribution in [3.63, 3.8) is 0 Å². The van der Waals surface area contributed by atoms with Gasteiger partial charge in [-0.25, -0.2) is 0 Å². The maximum absolute atomic E-state index is 2.42. The second-order valence-electron chi connectivity index (χ2n) is 4.00. The van der Waals surface area contributed by atoms with Crippen molar-refractivity contribution in [1.29, 1.82) is 0 Å². The van der Waals surface area contributed by atoms with E-state index < -0.39 is 0 Å². The zero-order valence-electron chi connectivity index (χ0n) is 7.55. The number of fused-ring (bicyclic) bond motifs is 2. The summed E-state index contributed by atoms with van der Waals surface area (Å²) in [4.78, 5) is 0. The van der Waals surface area contributed by atoms with E-state index in [0.29, 0.717) is 7.92 Å². The molecule has 1 heteroatoms. The van der Waals surface area contributed by atoms with Gasteiger partial charge in [0, 0.05) is 0 Å². The van der Waals surface area contributed by atoms with E-state index in [-0.39, 0.29) is 0 Å². The molecule has 0 aliphatic carbocycles. The van der Waals surface area contributed by atoms with E-state index >= 15 is 0 Å². The number of hydrogen-bond donors (Lipinski definition) is 0. The lowest BCUT2D eigenvalue weighted by molar-refractivity contribution is 0.475. The van der Waals surface area contributed by atoms with Crippen LogP contribution in [-0.4, -0.2) is 17.5 Å². The van der Waals surface area contributed by atoms with Crippen LogP contribution in [0.4, 0.5) is 0 Å². The molecule has 0 amide bonds. The molecule has 2 aliphatic heterocycles. The highest BCUT2D eigenvalue weighted by atomic mass is 31.1. The van der Waals surface area contributed by atoms with Gasteiger partial charge in [-0.1, -0.05) is 19.8 Å². The molecule has 2 rings (SSSR count). The Morgan fingerprint density at radius 2 is 1.45 bits per heavy atom. The molecule has 0 atom stereocenters. The lowest BCUT2D eigenvalue weighted by Gasteiger charge is -2.42. The van der Waals surface area contributed by atoms with Gasteiger partial charge >= 0.3 is 0 Å². The molecule has 2 bridgehead atoms. The molecule has 0 unspecified atom stereocenters. The molecule has 0 spiro atoms. The van der Waals surface area contributed by atoms with Crippen LogP contribution >= 0.6 is 7.92 Å². The highest BCUT2D eigenvalue weighted by molar-refractivity contribution is 7.59. The molecule has 0 aromatic rings. The van der Waals surface area contributed by atoms with Gasteiger partial charge in [0.1, 0.15) is 0 Å². The van der Waals surface area contributed by atoms with Gasteiger partial charge in [0.15, 0.2) is 0 Å². The first-order valence-electron chi connectivity index (χ1n) is 5.17. The minimum absolute atomic E-state index is 0.493. The van der Waals surface area contributed by atoms with E-state index in [0.717, 1.165) is 0 Å². The van der Waals surface area contributed by atoms with Gasteiger partial charge in [0.25, 0.3) is 0 Å². The van der Waals surface area contributed by atoms with E-state index in [9.17, 15) is 0 Å². The fraction of sp³-hybridized carbons (Fsp3) is 1.00. The van der Waals surface area contributed by atoms with Crippen LogP contribution in [0.3, 0.4) is 0 Å². The first-order chi connectivity index (χ1) is 5.42. The van der Waals surface area contributed by atoms with Crippen molar-refractivity contribution in [1.82, 2.24) is 0 Å². The van der Waals surface area contributed by atoms with Gasteiger partial charge in [0.05, 0.1) is 0 Å². The maximum Gasteiger partial charge on any atom is -0.0207 e. The molecule has 2 heterocycles. The summed E-state index contributed by atoms with van der Waals surface area (Å²) < 4.78 is 0. The Labute approximate surface area is 71.5 Å². The summed E-state index contributed by atoms with van der Waals surface area (Å²) in [6.07, 6.45) is 10.9. The molecule has 64 valence electrons. The van der Waals surface area contributed by atoms with Crippen molar-refractivity contribution < 1.29 is 0 Å². The van der Waals surface area contributed by atoms with Crippen LogP contribution in [-0.2, 0) is 0 Å². The molecule has 2 aliphatic rings. The first-order valence-corrected chi connectivity index (χ1v) is 6.84. The minimum Gasteiger partial charge on any atom is -0.101 e. The Bertz CT molecular complexity index is 111. The molecule has 0 N–H and O–H groups in total. The van der Waals surface area contributed by atoms with Gasteiger partial charge < -0.3 is 0 Å². The fourth-order valence-corrected chi connectivity index (χ4v) is 6.63. The fourth-order valence-electron chi connectivity index (χ4n) is 2.94. The van der Waals surface area contributed by atoms with E-state index in [1.807, 2.05) is 0 Å². The van der Waals surface area contributed by atoms with E-state index in [1.54, 1.807) is 38.5 Å². The zero-order valence-corrected chi connectivity index (χ0v) is 8.45. The monoisotopic (exact) mass is 170 g/mol. The lowest BCUT2D eigenvalue weighted by atomic mass is 9.99. The molecule has 0 radical (unpaired) electrons. The Morgan fingerprint density at radius 3 is 1.73 bits per heavy atom. The summed E-state index contributed by atoms with van der Waals surface area (Å²) in [5.41, 5.74) is 2.39. The van der Waals surface area contributed by atoms with Gasteiger partial charge in [-0.3, -0.25) is 0 Å². The van der Waals surface area contributed by atoms with E-state index in [4.69, 9.17) is 0 Å². The molecule has 2 saturated heterocycles. The van der Waals surface area contributed by atoms with Gasteiger partial charge in [-0.15, -0.1) is 7.92 Å². The summed E-state index contributed by atoms with van der Waals surface area (Å²) in [5, 5.41) is 0. The second-order valence-corrected chi connectivity index (χ2v) is 7.12. The Balaban J connectivity index is 2.04. The van der Waals surface area contributed by atoms with Crippen LogP contribution in [0, 0.1) is 0 Å². The molecule has 0 saturated carbocycles. The van der Waals surface area contributed by atoms with Crippen LogP contribution in [0.25, 0.3) is 0 Å². The first kappa shape index (κ1) is 8.05. The SMILES string of the molecule is CCP1C2CCCC1CCC2. The van der Waals surface area contributed by atoms with Crippen molar-refractivity contribution in [2.75, 3.05) is 6.16 Å². The topological polar surface area (TPSA) is 0 Å². The minimum atomic E-state index is 0.493. The van der Waals surface area contributed by atoms with Gasteiger partial charge in [-0.05, 0) is 43.2 Å². The lowest BCUT2D eigenvalue weighted by Crippen LogP contribution is -2.26. The third-order valence-electron chi connectivity index (χ3n) is 3.45. The van der Waals surface area contributed by atoms with Crippen molar-refractivity contribution in [2.24, 2.45) is 0 Å². The molecule has 0 nitrogen and oxygen atoms in total. The van der Waals surface area contributed by atoms with Gasteiger partial charge in [0.2, 0.25) is 0 Å². The predicted molar refractivity (Wildman–Crippen MR) is 52.7 cm³/mol. The Morgan fingerprint density at radius 1 is 1.00 bits per heavy atom. The highest BCUT2D eigenvalue weighted by Gasteiger charge is 2.33. The van der Waals surface area contributed by atoms with Crippen LogP contribution < -0.4 is 0 Å². The smallest absolute Gasteiger partial charge is 0.0207 e. The van der Waals surface area contributed by atoms with Crippen molar-refractivity contribution >= 4 is 7.92 Å². The van der Waals surface area contributed by atoms with Crippen LogP contribution in [0.5, 0.6) is 0 Å². The quantitative estimate of drug-likeness (QED) is 0.527. The van der Waals surface area contributed by atoms with Crippen LogP contribution in [0.15, 0.2) is 0 Å². The average molecular weight is 170 g/mol. The number of hydrogen-bond acceptors (Lipinski definition) is 0. The zero-order chi connectivity index (χ0) is 7.68. The summed E-state index contributed by atoms with van der Waals surface area (Å²) in [6.45, 7) is 2.42. The predicted octanol–water partition coefficient (Wildman–Crippen LogP) is 3.59. The van der Waals surface area contributed by atoms with Crippen molar-refractivity contribution in [3.05, 3.63) is 0 Å². The summed E-state index contributed by atoms with van der Waals surface area (Å²) >= 11 is 0. The third kappa shape index (κ3) is 1.47. The number of rotatable bonds is 1. The van der Waals surface area contributed by atoms with Crippen molar-refractivity contribution in [3.8, 4) is 0 Å². The molecule has 0 aromatic carbocycles. The Kier molecular flexibility index (Phi) is 2.51. The standard InChI is InChI=1S/C10H19P/c1-2-11-9-5-3-6-10(11)8-4-7-9/h9-10H,2-8H2,1H3.